The average Bonchev–Trinajstić information content (AvgIpc) is 4.02. The first-order valence-electron chi connectivity index (χ1n) is 23.6. The molecule has 0 unspecified atom stereocenters. The summed E-state index contributed by atoms with van der Waals surface area (Å²) in [6.07, 6.45) is 5.04. The molecule has 0 saturated carbocycles. The number of furan rings is 2. The molecule has 77 heavy (non-hydrogen) atoms. The first kappa shape index (κ1) is 59.5. The van der Waals surface area contributed by atoms with Crippen LogP contribution < -0.4 is 14.3 Å². The Labute approximate surface area is 451 Å². The van der Waals surface area contributed by atoms with E-state index in [4.69, 9.17) is 14.6 Å². The van der Waals surface area contributed by atoms with E-state index in [0.717, 1.165) is 39.8 Å². The molecule has 0 aliphatic carbocycles. The van der Waals surface area contributed by atoms with Crippen molar-refractivity contribution < 1.29 is 60.9 Å². The fourth-order valence-corrected chi connectivity index (χ4v) is 9.81. The van der Waals surface area contributed by atoms with Crippen LogP contribution in [0.15, 0.2) is 130 Å². The molecule has 15 nitrogen and oxygen atoms in total. The SMILES string of the molecule is CCC(=O)c1c(-c2ccc(F)cc2)oc2cc(N(C)S(C)(=O)=O)c(-c3cccc(CCS(C)(=O)=O)c3)cc12.CCC(=O)c1c(-c2ccc(F)cc2)oc2cc(N(C)S(C)(=O)=O)c(-c3cccc(CN)c3)cc12.CS(=O)(=O)Cl. The van der Waals surface area contributed by atoms with Gasteiger partial charge in [0.2, 0.25) is 29.1 Å². The lowest BCUT2D eigenvalue weighted by molar-refractivity contribution is 0.0981. The van der Waals surface area contributed by atoms with Crippen LogP contribution in [0.5, 0.6) is 0 Å². The molecular formula is C55H56ClF2N3O12S4. The van der Waals surface area contributed by atoms with Crippen LogP contribution in [-0.2, 0) is 51.9 Å². The van der Waals surface area contributed by atoms with Crippen molar-refractivity contribution in [2.24, 2.45) is 5.73 Å². The van der Waals surface area contributed by atoms with E-state index in [1.165, 1.54) is 61.1 Å². The van der Waals surface area contributed by atoms with Crippen LogP contribution in [-0.4, -0.2) is 90.1 Å². The predicted octanol–water partition coefficient (Wildman–Crippen LogP) is 11.0. The highest BCUT2D eigenvalue weighted by Crippen LogP contribution is 2.44. The van der Waals surface area contributed by atoms with Gasteiger partial charge in [0.1, 0.15) is 44.2 Å². The van der Waals surface area contributed by atoms with Gasteiger partial charge in [0, 0.05) is 95.6 Å². The Morgan fingerprint density at radius 1 is 0.545 bits per heavy atom. The maximum Gasteiger partial charge on any atom is 0.232 e. The highest BCUT2D eigenvalue weighted by Gasteiger charge is 2.28. The Morgan fingerprint density at radius 3 is 1.25 bits per heavy atom. The number of anilines is 2. The molecule has 408 valence electrons. The van der Waals surface area contributed by atoms with E-state index in [0.29, 0.717) is 91.0 Å². The molecule has 0 radical (unpaired) electrons. The van der Waals surface area contributed by atoms with E-state index in [9.17, 15) is 52.0 Å². The van der Waals surface area contributed by atoms with Crippen molar-refractivity contribution in [2.45, 2.75) is 39.7 Å². The van der Waals surface area contributed by atoms with E-state index < -0.39 is 50.6 Å². The number of Topliss-reactive ketones (excluding diaryl/α,β-unsaturated/α-hetero) is 2. The molecule has 0 atom stereocenters. The molecule has 0 bridgehead atoms. The maximum absolute atomic E-state index is 13.6. The van der Waals surface area contributed by atoms with Gasteiger partial charge in [0.05, 0.1) is 47.0 Å². The van der Waals surface area contributed by atoms with Crippen molar-refractivity contribution in [3.63, 3.8) is 0 Å². The minimum Gasteiger partial charge on any atom is -0.455 e. The molecule has 2 heterocycles. The molecule has 2 aromatic heterocycles. The number of nitrogens with two attached hydrogens (primary N) is 1. The van der Waals surface area contributed by atoms with Gasteiger partial charge in [-0.25, -0.2) is 42.5 Å². The first-order valence-corrected chi connectivity index (χ1v) is 32.0. The monoisotopic (exact) mass is 1150 g/mol. The molecule has 0 aliphatic heterocycles. The largest absolute Gasteiger partial charge is 0.455 e. The average molecular weight is 1150 g/mol. The van der Waals surface area contributed by atoms with Crippen LogP contribution in [0.25, 0.3) is 66.8 Å². The van der Waals surface area contributed by atoms with Crippen molar-refractivity contribution >= 4 is 94.5 Å². The zero-order chi connectivity index (χ0) is 56.9. The molecule has 0 fully saturated rings. The summed E-state index contributed by atoms with van der Waals surface area (Å²) in [5, 5.41) is 1.06. The molecule has 8 aromatic rings. The number of benzene rings is 6. The van der Waals surface area contributed by atoms with Crippen LogP contribution in [0.3, 0.4) is 0 Å². The summed E-state index contributed by atoms with van der Waals surface area (Å²) in [5.41, 5.74) is 13.2. The van der Waals surface area contributed by atoms with Crippen LogP contribution in [0, 0.1) is 11.6 Å². The van der Waals surface area contributed by atoms with Gasteiger partial charge in [0.15, 0.2) is 11.6 Å². The number of halogens is 3. The molecular weight excluding hydrogens is 1100 g/mol. The van der Waals surface area contributed by atoms with E-state index >= 15 is 0 Å². The van der Waals surface area contributed by atoms with Crippen molar-refractivity contribution in [1.82, 2.24) is 0 Å². The van der Waals surface area contributed by atoms with E-state index in [1.54, 1.807) is 62.4 Å². The minimum atomic E-state index is -3.67. The second kappa shape index (κ2) is 23.9. The summed E-state index contributed by atoms with van der Waals surface area (Å²) >= 11 is 0. The van der Waals surface area contributed by atoms with E-state index in [-0.39, 0.29) is 35.9 Å². The second-order valence-electron chi connectivity index (χ2n) is 18.0. The van der Waals surface area contributed by atoms with Crippen molar-refractivity contribution in [2.75, 3.05) is 53.5 Å². The topological polar surface area (TPSA) is 229 Å². The van der Waals surface area contributed by atoms with Gasteiger partial charge in [0.25, 0.3) is 0 Å². The van der Waals surface area contributed by atoms with Gasteiger partial charge in [-0.1, -0.05) is 56.3 Å². The number of rotatable bonds is 16. The van der Waals surface area contributed by atoms with Crippen molar-refractivity contribution in [1.29, 1.82) is 0 Å². The quantitative estimate of drug-likeness (QED) is 0.0702. The zero-order valence-electron chi connectivity index (χ0n) is 43.2. The molecule has 6 aromatic carbocycles. The minimum absolute atomic E-state index is 0.0243. The van der Waals surface area contributed by atoms with Crippen LogP contribution >= 0.6 is 10.7 Å². The zero-order valence-corrected chi connectivity index (χ0v) is 47.2. The van der Waals surface area contributed by atoms with E-state index in [1.807, 2.05) is 36.4 Å². The number of ketones is 2. The predicted molar refractivity (Wildman–Crippen MR) is 302 cm³/mol. The fourth-order valence-electron chi connectivity index (χ4n) is 8.18. The lowest BCUT2D eigenvalue weighted by Gasteiger charge is -2.21. The van der Waals surface area contributed by atoms with Gasteiger partial charge in [-0.15, -0.1) is 0 Å². The van der Waals surface area contributed by atoms with Gasteiger partial charge in [-0.3, -0.25) is 18.2 Å². The third kappa shape index (κ3) is 14.8. The van der Waals surface area contributed by atoms with Gasteiger partial charge in [-0.2, -0.15) is 0 Å². The summed E-state index contributed by atoms with van der Waals surface area (Å²) < 4.78 is 134. The number of hydrogen-bond donors (Lipinski definition) is 1. The maximum atomic E-state index is 13.6. The Kier molecular flexibility index (Phi) is 18.4. The first-order chi connectivity index (χ1) is 35.9. The Bertz CT molecular complexity index is 3990. The number of hydrogen-bond acceptors (Lipinski definition) is 13. The van der Waals surface area contributed by atoms with Crippen molar-refractivity contribution in [3.8, 4) is 44.9 Å². The van der Waals surface area contributed by atoms with Gasteiger partial charge >= 0.3 is 0 Å². The Morgan fingerprint density at radius 2 is 0.909 bits per heavy atom. The molecule has 0 spiro atoms. The highest BCUT2D eigenvalue weighted by atomic mass is 35.7. The number of nitrogens with zero attached hydrogens (tertiary/aromatic N) is 2. The van der Waals surface area contributed by atoms with Crippen molar-refractivity contribution in [3.05, 3.63) is 155 Å². The number of fused-ring (bicyclic) bond motifs is 2. The van der Waals surface area contributed by atoms with Crippen LogP contribution in [0.2, 0.25) is 0 Å². The summed E-state index contributed by atoms with van der Waals surface area (Å²) in [6, 6.07) is 32.7. The summed E-state index contributed by atoms with van der Waals surface area (Å²) in [4.78, 5) is 26.1. The van der Waals surface area contributed by atoms with Gasteiger partial charge < -0.3 is 14.6 Å². The highest BCUT2D eigenvalue weighted by molar-refractivity contribution is 8.13. The molecule has 2 N–H and O–H groups in total. The number of aryl methyl sites for hydroxylation is 1. The van der Waals surface area contributed by atoms with E-state index in [2.05, 4.69) is 10.7 Å². The third-order valence-corrected chi connectivity index (χ3v) is 15.5. The molecule has 0 aliphatic rings. The van der Waals surface area contributed by atoms with Crippen LogP contribution in [0.1, 0.15) is 58.5 Å². The summed E-state index contributed by atoms with van der Waals surface area (Å²) in [7, 11) is -6.24. The molecule has 22 heteroatoms. The summed E-state index contributed by atoms with van der Waals surface area (Å²) in [5.74, 6) is -0.569. The lowest BCUT2D eigenvalue weighted by atomic mass is 9.95. The number of sulfonamides is 2. The van der Waals surface area contributed by atoms with Gasteiger partial charge in [-0.05, 0) is 95.4 Å². The summed E-state index contributed by atoms with van der Waals surface area (Å²) in [6.45, 7) is 3.81. The number of carbonyl (C=O) groups is 2. The Balaban J connectivity index is 0.000000230. The number of sulfone groups is 1. The standard InChI is InChI=1S/C28H28FNO6S2.C26H25FN2O4S.CH3ClO2S/c1-5-25(31)27-23-16-22(20-8-6-7-18(15-20)13-14-37(3,32)33)24(30(2)38(4,34)35)17-26(23)36-28(27)19-9-11-21(29)12-10-19;1-4-23(30)25-21-13-20(18-7-5-6-16(12-18)15-28)22(29(2)34(3,31)32)14-24(21)33-26(25)17-8-10-19(27)11-9-17;1-5(2,3)4/h6-12,15-17H,5,13-14H2,1-4H3;5-14H,4,15,28H2,1-3H3;1H3. The fraction of sp³-hybridized carbons (Fsp3) is 0.236. The second-order valence-corrected chi connectivity index (χ2v) is 27.4. The van der Waals surface area contributed by atoms with Crippen LogP contribution in [0.4, 0.5) is 20.2 Å². The molecule has 0 saturated heterocycles. The Hall–Kier alpha value is -6.75. The molecule has 8 rings (SSSR count). The lowest BCUT2D eigenvalue weighted by Crippen LogP contribution is -2.25. The molecule has 0 amide bonds. The number of carbonyl (C=O) groups excluding carboxylic acids is 2. The third-order valence-electron chi connectivity index (χ3n) is 12.2. The smallest absolute Gasteiger partial charge is 0.232 e. The normalized spacial score (nSPS) is 11.9.